The summed E-state index contributed by atoms with van der Waals surface area (Å²) in [4.78, 5) is 19.0. The quantitative estimate of drug-likeness (QED) is 0.450. The first-order valence-corrected chi connectivity index (χ1v) is 9.48. The van der Waals surface area contributed by atoms with Crippen molar-refractivity contribution in [3.63, 3.8) is 0 Å². The smallest absolute Gasteiger partial charge is 0.337 e. The Labute approximate surface area is 166 Å². The van der Waals surface area contributed by atoms with Crippen LogP contribution in [0.1, 0.15) is 23.2 Å². The second-order valence-corrected chi connectivity index (χ2v) is 7.39. The molecule has 0 N–H and O–H groups in total. The summed E-state index contributed by atoms with van der Waals surface area (Å²) in [6.07, 6.45) is 3.90. The number of benzene rings is 2. The zero-order valence-electron chi connectivity index (χ0n) is 16.1. The van der Waals surface area contributed by atoms with Gasteiger partial charge in [0.2, 0.25) is 0 Å². The third-order valence-electron chi connectivity index (χ3n) is 5.48. The van der Waals surface area contributed by atoms with Gasteiger partial charge in [0.25, 0.3) is 0 Å². The molecule has 2 aromatic heterocycles. The number of hydrogen-bond acceptors (Lipinski definition) is 5. The summed E-state index contributed by atoms with van der Waals surface area (Å²) >= 11 is 0. The number of carbonyl (C=O) groups is 1. The molecule has 5 nitrogen and oxygen atoms in total. The van der Waals surface area contributed by atoms with Crippen LogP contribution in [0.15, 0.2) is 53.1 Å². The Bertz CT molecular complexity index is 1260. The third-order valence-corrected chi connectivity index (χ3v) is 5.48. The molecule has 1 saturated carbocycles. The molecule has 2 aromatic carbocycles. The number of aromatic nitrogens is 1. The van der Waals surface area contributed by atoms with Crippen LogP contribution in [0.5, 0.6) is 0 Å². The van der Waals surface area contributed by atoms with Crippen molar-refractivity contribution < 1.29 is 18.3 Å². The number of carbonyl (C=O) groups excluding carboxylic acids is 1. The maximum Gasteiger partial charge on any atom is 0.337 e. The molecule has 6 heteroatoms. The maximum absolute atomic E-state index is 13.6. The second kappa shape index (κ2) is 6.58. The van der Waals surface area contributed by atoms with E-state index in [9.17, 15) is 9.18 Å². The van der Waals surface area contributed by atoms with Crippen molar-refractivity contribution in [1.29, 1.82) is 0 Å². The van der Waals surface area contributed by atoms with E-state index in [1.54, 1.807) is 24.5 Å². The van der Waals surface area contributed by atoms with Gasteiger partial charge in [-0.1, -0.05) is 0 Å². The molecule has 0 saturated heterocycles. The van der Waals surface area contributed by atoms with Crippen molar-refractivity contribution in [3.05, 3.63) is 60.1 Å². The van der Waals surface area contributed by atoms with E-state index in [1.807, 2.05) is 12.1 Å². The van der Waals surface area contributed by atoms with Crippen molar-refractivity contribution in [2.75, 3.05) is 19.1 Å². The highest BCUT2D eigenvalue weighted by molar-refractivity contribution is 6.00. The summed E-state index contributed by atoms with van der Waals surface area (Å²) in [6, 6.07) is 12.4. The molecule has 2 heterocycles. The highest BCUT2D eigenvalue weighted by Gasteiger charge is 2.29. The van der Waals surface area contributed by atoms with Gasteiger partial charge in [0.1, 0.15) is 17.7 Å². The van der Waals surface area contributed by atoms with E-state index in [1.165, 1.54) is 19.2 Å². The first-order valence-electron chi connectivity index (χ1n) is 9.48. The summed E-state index contributed by atoms with van der Waals surface area (Å²) in [5.74, 6) is -0.716. The molecular formula is C23H19FN2O3. The minimum atomic E-state index is -0.379. The van der Waals surface area contributed by atoms with Crippen molar-refractivity contribution in [2.45, 2.75) is 18.9 Å². The van der Waals surface area contributed by atoms with Crippen LogP contribution in [0, 0.1) is 5.82 Å². The van der Waals surface area contributed by atoms with Crippen LogP contribution in [0.3, 0.4) is 0 Å². The number of rotatable bonds is 4. The Morgan fingerprint density at radius 1 is 1.21 bits per heavy atom. The summed E-state index contributed by atoms with van der Waals surface area (Å²) in [5, 5.41) is 1.67. The second-order valence-electron chi connectivity index (χ2n) is 7.39. The predicted octanol–water partition coefficient (Wildman–Crippen LogP) is 5.17. The van der Waals surface area contributed by atoms with Gasteiger partial charge in [0.15, 0.2) is 0 Å². The lowest BCUT2D eigenvalue weighted by Crippen LogP contribution is -2.20. The molecule has 0 spiro atoms. The number of methoxy groups -OCH3 is 1. The minimum absolute atomic E-state index is 0.337. The molecule has 0 atom stereocenters. The zero-order chi connectivity index (χ0) is 20.1. The molecule has 146 valence electrons. The Hall–Kier alpha value is -3.41. The molecule has 0 amide bonds. The number of hydrogen-bond donors (Lipinski definition) is 0. The normalized spacial score (nSPS) is 13.8. The van der Waals surface area contributed by atoms with Crippen molar-refractivity contribution in [3.8, 4) is 11.3 Å². The molecule has 5 rings (SSSR count). The van der Waals surface area contributed by atoms with Crippen LogP contribution in [-0.4, -0.2) is 31.2 Å². The van der Waals surface area contributed by atoms with Gasteiger partial charge >= 0.3 is 5.97 Å². The van der Waals surface area contributed by atoms with Gasteiger partial charge in [-0.15, -0.1) is 0 Å². The summed E-state index contributed by atoms with van der Waals surface area (Å²) in [5.41, 5.74) is 4.29. The number of halogens is 1. The van der Waals surface area contributed by atoms with E-state index in [-0.39, 0.29) is 11.8 Å². The number of pyridine rings is 1. The zero-order valence-corrected chi connectivity index (χ0v) is 16.1. The van der Waals surface area contributed by atoms with Crippen LogP contribution in [-0.2, 0) is 4.74 Å². The molecule has 1 aliphatic rings. The van der Waals surface area contributed by atoms with Gasteiger partial charge in [-0.2, -0.15) is 0 Å². The van der Waals surface area contributed by atoms with Gasteiger partial charge in [-0.25, -0.2) is 14.2 Å². The monoisotopic (exact) mass is 390 g/mol. The average molecular weight is 390 g/mol. The van der Waals surface area contributed by atoms with E-state index >= 15 is 0 Å². The van der Waals surface area contributed by atoms with E-state index in [0.29, 0.717) is 17.2 Å². The molecule has 1 aliphatic carbocycles. The number of anilines is 1. The predicted molar refractivity (Wildman–Crippen MR) is 110 cm³/mol. The van der Waals surface area contributed by atoms with Gasteiger partial charge in [-0.3, -0.25) is 0 Å². The fraction of sp³-hybridized carbons (Fsp3) is 0.217. The van der Waals surface area contributed by atoms with Gasteiger partial charge in [0.05, 0.1) is 29.6 Å². The summed E-state index contributed by atoms with van der Waals surface area (Å²) in [6.45, 7) is 0. The van der Waals surface area contributed by atoms with E-state index in [0.717, 1.165) is 46.1 Å². The van der Waals surface area contributed by atoms with E-state index < -0.39 is 0 Å². The lowest BCUT2D eigenvalue weighted by molar-refractivity contribution is 0.0601. The lowest BCUT2D eigenvalue weighted by Gasteiger charge is -2.22. The number of furan rings is 1. The Kier molecular flexibility index (Phi) is 4.01. The highest BCUT2D eigenvalue weighted by Crippen LogP contribution is 2.40. The van der Waals surface area contributed by atoms with Crippen LogP contribution in [0.2, 0.25) is 0 Å². The summed E-state index contributed by atoms with van der Waals surface area (Å²) < 4.78 is 24.0. The standard InChI is InChI=1S/C23H19FN2O3/c1-26(16-5-6-16)20-10-14-9-13(23(27)28-2)3-8-19(14)25-22(20)18-12-29-21-11-15(24)4-7-17(18)21/h3-4,7-12,16H,5-6H2,1-2H3. The Morgan fingerprint density at radius 2 is 2.03 bits per heavy atom. The third kappa shape index (κ3) is 3.01. The Morgan fingerprint density at radius 3 is 2.79 bits per heavy atom. The number of nitrogens with zero attached hydrogens (tertiary/aromatic N) is 2. The SMILES string of the molecule is COC(=O)c1ccc2nc(-c3coc4cc(F)ccc34)c(N(C)C3CC3)cc2c1. The van der Waals surface area contributed by atoms with E-state index in [2.05, 4.69) is 11.9 Å². The number of ether oxygens (including phenoxy) is 1. The highest BCUT2D eigenvalue weighted by atomic mass is 19.1. The number of fused-ring (bicyclic) bond motifs is 2. The first kappa shape index (κ1) is 17.7. The van der Waals surface area contributed by atoms with Crippen LogP contribution < -0.4 is 4.90 Å². The lowest BCUT2D eigenvalue weighted by atomic mass is 10.0. The molecule has 0 bridgehead atoms. The molecule has 0 unspecified atom stereocenters. The molecule has 29 heavy (non-hydrogen) atoms. The van der Waals surface area contributed by atoms with Crippen LogP contribution in [0.25, 0.3) is 33.1 Å². The van der Waals surface area contributed by atoms with Crippen LogP contribution in [0.4, 0.5) is 10.1 Å². The summed E-state index contributed by atoms with van der Waals surface area (Å²) in [7, 11) is 3.42. The maximum atomic E-state index is 13.6. The average Bonchev–Trinajstić information content (AvgIpc) is 3.51. The minimum Gasteiger partial charge on any atom is -0.465 e. The van der Waals surface area contributed by atoms with Crippen molar-refractivity contribution in [2.24, 2.45) is 0 Å². The van der Waals surface area contributed by atoms with Crippen LogP contribution >= 0.6 is 0 Å². The number of esters is 1. The van der Waals surface area contributed by atoms with Crippen molar-refractivity contribution in [1.82, 2.24) is 4.98 Å². The molecular weight excluding hydrogens is 371 g/mol. The molecule has 0 aliphatic heterocycles. The topological polar surface area (TPSA) is 55.6 Å². The molecule has 4 aromatic rings. The van der Waals surface area contributed by atoms with E-state index in [4.69, 9.17) is 14.1 Å². The fourth-order valence-electron chi connectivity index (χ4n) is 3.72. The largest absolute Gasteiger partial charge is 0.465 e. The molecule has 1 fully saturated rings. The van der Waals surface area contributed by atoms with Gasteiger partial charge < -0.3 is 14.1 Å². The fourth-order valence-corrected chi connectivity index (χ4v) is 3.72. The molecule has 0 radical (unpaired) electrons. The van der Waals surface area contributed by atoms with Crippen molar-refractivity contribution >= 4 is 33.5 Å². The van der Waals surface area contributed by atoms with Gasteiger partial charge in [0, 0.05) is 35.5 Å². The Balaban J connectivity index is 1.74. The van der Waals surface area contributed by atoms with Gasteiger partial charge in [-0.05, 0) is 49.2 Å². The first-order chi connectivity index (χ1) is 14.0.